The van der Waals surface area contributed by atoms with E-state index in [1.165, 1.54) is 24.3 Å². The lowest BCUT2D eigenvalue weighted by molar-refractivity contribution is -0.138. The molecule has 0 heterocycles. The zero-order valence-corrected chi connectivity index (χ0v) is 10.8. The zero-order valence-electron chi connectivity index (χ0n) is 9.98. The van der Waals surface area contributed by atoms with E-state index in [1.807, 2.05) is 0 Å². The molecule has 20 heavy (non-hydrogen) atoms. The molecule has 1 atom stereocenters. The highest BCUT2D eigenvalue weighted by atomic mass is 32.2. The molecule has 0 radical (unpaired) electrons. The van der Waals surface area contributed by atoms with Gasteiger partial charge in [-0.25, -0.2) is 4.79 Å². The summed E-state index contributed by atoms with van der Waals surface area (Å²) in [6.07, 6.45) is 1.61. The van der Waals surface area contributed by atoms with Gasteiger partial charge in [-0.05, 0) is 29.3 Å². The molecule has 0 fully saturated rings. The highest BCUT2D eigenvalue weighted by Crippen LogP contribution is 2.32. The number of aliphatic carboxylic acids is 1. The summed E-state index contributed by atoms with van der Waals surface area (Å²) in [5.74, 6) is -2.93. The first-order chi connectivity index (χ1) is 9.17. The average molecular weight is 298 g/mol. The van der Waals surface area contributed by atoms with Crippen molar-refractivity contribution in [2.75, 3.05) is 0 Å². The molecule has 0 saturated heterocycles. The molecule has 0 aromatic heterocycles. The fourth-order valence-electron chi connectivity index (χ4n) is 2.06. The number of aromatic carboxylic acids is 1. The molecule has 0 spiro atoms. The van der Waals surface area contributed by atoms with Gasteiger partial charge in [0, 0.05) is 6.42 Å². The van der Waals surface area contributed by atoms with Crippen molar-refractivity contribution in [1.82, 2.24) is 0 Å². The normalized spacial score (nSPS) is 21.2. The second kappa shape index (κ2) is 4.43. The van der Waals surface area contributed by atoms with Crippen molar-refractivity contribution in [3.05, 3.63) is 41.0 Å². The lowest BCUT2D eigenvalue weighted by Crippen LogP contribution is -2.47. The van der Waals surface area contributed by atoms with E-state index < -0.39 is 33.2 Å². The van der Waals surface area contributed by atoms with E-state index in [4.69, 9.17) is 10.2 Å². The number of rotatable bonds is 3. The number of carbonyl (C=O) groups is 2. The Morgan fingerprint density at radius 3 is 2.35 bits per heavy atom. The maximum Gasteiger partial charge on any atom is 0.335 e. The van der Waals surface area contributed by atoms with Crippen molar-refractivity contribution in [3.8, 4) is 0 Å². The standard InChI is InChI=1S/C12H10O7S/c13-10(14)8-2-1-7-3-4-12(11(15)16,20(17,18)19)6-9(7)5-8/h1-5H,6H2,(H,13,14)(H,15,16)(H,17,18,19). The van der Waals surface area contributed by atoms with Gasteiger partial charge >= 0.3 is 11.9 Å². The van der Waals surface area contributed by atoms with Gasteiger partial charge < -0.3 is 10.2 Å². The second-order valence-corrected chi connectivity index (χ2v) is 6.08. The first-order valence-electron chi connectivity index (χ1n) is 5.43. The Morgan fingerprint density at radius 2 is 1.85 bits per heavy atom. The highest BCUT2D eigenvalue weighted by molar-refractivity contribution is 7.88. The molecule has 3 N–H and O–H groups in total. The largest absolute Gasteiger partial charge is 0.480 e. The molecule has 1 aromatic carbocycles. The van der Waals surface area contributed by atoms with E-state index in [9.17, 15) is 22.6 Å². The lowest BCUT2D eigenvalue weighted by Gasteiger charge is -2.27. The number of hydrogen-bond donors (Lipinski definition) is 3. The molecule has 1 aliphatic carbocycles. The fourth-order valence-corrected chi connectivity index (χ4v) is 2.85. The highest BCUT2D eigenvalue weighted by Gasteiger charge is 2.50. The number of carboxylic acid groups (broad SMARTS) is 2. The van der Waals surface area contributed by atoms with Gasteiger partial charge in [0.15, 0.2) is 0 Å². The van der Waals surface area contributed by atoms with Crippen LogP contribution in [-0.4, -0.2) is 39.9 Å². The fraction of sp³-hybridized carbons (Fsp3) is 0.167. The Morgan fingerprint density at radius 1 is 1.20 bits per heavy atom. The van der Waals surface area contributed by atoms with Gasteiger partial charge in [0.2, 0.25) is 4.75 Å². The van der Waals surface area contributed by atoms with Crippen LogP contribution in [0, 0.1) is 0 Å². The van der Waals surface area contributed by atoms with Crippen LogP contribution in [-0.2, 0) is 21.3 Å². The van der Waals surface area contributed by atoms with E-state index in [0.717, 1.165) is 6.08 Å². The van der Waals surface area contributed by atoms with Crippen molar-refractivity contribution in [2.45, 2.75) is 11.2 Å². The molecule has 0 saturated carbocycles. The number of fused-ring (bicyclic) bond motifs is 1. The molecular formula is C12H10O7S. The van der Waals surface area contributed by atoms with Crippen molar-refractivity contribution >= 4 is 28.1 Å². The van der Waals surface area contributed by atoms with Gasteiger partial charge in [-0.1, -0.05) is 12.1 Å². The third-order valence-corrected chi connectivity index (χ3v) is 4.57. The van der Waals surface area contributed by atoms with Gasteiger partial charge in [0.05, 0.1) is 5.56 Å². The van der Waals surface area contributed by atoms with Crippen LogP contribution < -0.4 is 0 Å². The smallest absolute Gasteiger partial charge is 0.335 e. The summed E-state index contributed by atoms with van der Waals surface area (Å²) in [5, 5.41) is 18.0. The van der Waals surface area contributed by atoms with E-state index in [0.29, 0.717) is 5.56 Å². The minimum Gasteiger partial charge on any atom is -0.480 e. The topological polar surface area (TPSA) is 129 Å². The number of hydrogen-bond acceptors (Lipinski definition) is 4. The first-order valence-corrected chi connectivity index (χ1v) is 6.87. The molecule has 2 rings (SSSR count). The quantitative estimate of drug-likeness (QED) is 0.699. The van der Waals surface area contributed by atoms with E-state index in [1.54, 1.807) is 0 Å². The van der Waals surface area contributed by atoms with Gasteiger partial charge in [0.1, 0.15) is 0 Å². The zero-order chi connectivity index (χ0) is 15.1. The molecule has 106 valence electrons. The molecule has 1 aromatic rings. The van der Waals surface area contributed by atoms with Crippen molar-refractivity contribution in [1.29, 1.82) is 0 Å². The van der Waals surface area contributed by atoms with Gasteiger partial charge in [-0.2, -0.15) is 8.42 Å². The van der Waals surface area contributed by atoms with Gasteiger partial charge in [-0.15, -0.1) is 0 Å². The molecule has 0 bridgehead atoms. The summed E-state index contributed by atoms with van der Waals surface area (Å²) >= 11 is 0. The van der Waals surface area contributed by atoms with Crippen molar-refractivity contribution in [3.63, 3.8) is 0 Å². The molecular weight excluding hydrogens is 288 g/mol. The van der Waals surface area contributed by atoms with E-state index in [2.05, 4.69) is 0 Å². The van der Waals surface area contributed by atoms with Crippen LogP contribution >= 0.6 is 0 Å². The van der Waals surface area contributed by atoms with Gasteiger partial charge in [-0.3, -0.25) is 9.35 Å². The summed E-state index contributed by atoms with van der Waals surface area (Å²) in [5.41, 5.74) is 0.650. The maximum atomic E-state index is 11.4. The van der Waals surface area contributed by atoms with Crippen LogP contribution in [0.5, 0.6) is 0 Å². The molecule has 0 amide bonds. The summed E-state index contributed by atoms with van der Waals surface area (Å²) in [6, 6.07) is 3.97. The number of benzene rings is 1. The molecule has 7 nitrogen and oxygen atoms in total. The summed E-state index contributed by atoms with van der Waals surface area (Å²) in [7, 11) is -4.90. The van der Waals surface area contributed by atoms with Crippen LogP contribution in [0.3, 0.4) is 0 Å². The Balaban J connectivity index is 2.61. The van der Waals surface area contributed by atoms with E-state index in [-0.39, 0.29) is 11.1 Å². The molecule has 0 aliphatic heterocycles. The molecule has 1 aliphatic rings. The summed E-state index contributed by atoms with van der Waals surface area (Å²) < 4.78 is 29.5. The SMILES string of the molecule is O=C(O)c1ccc2c(c1)CC(C(=O)O)(S(=O)(=O)O)C=C2. The van der Waals surface area contributed by atoms with Crippen molar-refractivity contribution in [2.24, 2.45) is 0 Å². The third kappa shape index (κ3) is 2.08. The molecule has 1 unspecified atom stereocenters. The lowest BCUT2D eigenvalue weighted by atomic mass is 9.88. The third-order valence-electron chi connectivity index (χ3n) is 3.20. The number of carboxylic acids is 2. The van der Waals surface area contributed by atoms with E-state index >= 15 is 0 Å². The van der Waals surface area contributed by atoms with Gasteiger partial charge in [0.25, 0.3) is 10.1 Å². The van der Waals surface area contributed by atoms with Crippen LogP contribution in [0.1, 0.15) is 21.5 Å². The predicted molar refractivity (Wildman–Crippen MR) is 68.1 cm³/mol. The van der Waals surface area contributed by atoms with Crippen LogP contribution in [0.25, 0.3) is 6.08 Å². The Labute approximate surface area is 113 Å². The van der Waals surface area contributed by atoms with Crippen LogP contribution in [0.2, 0.25) is 0 Å². The summed E-state index contributed by atoms with van der Waals surface area (Å²) in [6.45, 7) is 0. The first kappa shape index (κ1) is 14.2. The summed E-state index contributed by atoms with van der Waals surface area (Å²) in [4.78, 5) is 22.1. The van der Waals surface area contributed by atoms with Crippen molar-refractivity contribution < 1.29 is 32.8 Å². The molecule has 8 heteroatoms. The monoisotopic (exact) mass is 298 g/mol. The van der Waals surface area contributed by atoms with Crippen LogP contribution in [0.15, 0.2) is 24.3 Å². The maximum absolute atomic E-state index is 11.4. The predicted octanol–water partition coefficient (Wildman–Crippen LogP) is 0.665. The Hall–Kier alpha value is -2.19. The second-order valence-electron chi connectivity index (χ2n) is 4.40. The minimum absolute atomic E-state index is 0.0892. The minimum atomic E-state index is -4.90. The Kier molecular flexibility index (Phi) is 3.15. The average Bonchev–Trinajstić information content (AvgIpc) is 2.35. The van der Waals surface area contributed by atoms with Crippen LogP contribution in [0.4, 0.5) is 0 Å². The Bertz CT molecular complexity index is 732.